The Balaban J connectivity index is 1.53. The molecule has 1 atom stereocenters. The van der Waals surface area contributed by atoms with E-state index in [-0.39, 0.29) is 17.9 Å². The maximum atomic E-state index is 13.7. The van der Waals surface area contributed by atoms with Gasteiger partial charge in [0.2, 0.25) is 11.8 Å². The van der Waals surface area contributed by atoms with Gasteiger partial charge in [-0.2, -0.15) is 0 Å². The summed E-state index contributed by atoms with van der Waals surface area (Å²) in [5, 5.41) is 4.22. The van der Waals surface area contributed by atoms with Crippen molar-refractivity contribution in [3.8, 4) is 11.3 Å². The van der Waals surface area contributed by atoms with Gasteiger partial charge in [-0.15, -0.1) is 0 Å². The van der Waals surface area contributed by atoms with E-state index in [1.165, 1.54) is 0 Å². The number of benzene rings is 1. The SMILES string of the molecule is CCOC1CCN(C(=O)[C@@]2(Cc3cc(-c4ccccc4)no3)CCN(C(C)=O)C2)CC1. The van der Waals surface area contributed by atoms with Crippen molar-refractivity contribution in [1.29, 1.82) is 0 Å². The monoisotopic (exact) mass is 425 g/mol. The molecule has 0 radical (unpaired) electrons. The minimum atomic E-state index is -0.669. The normalized spacial score (nSPS) is 22.1. The molecule has 7 nitrogen and oxygen atoms in total. The van der Waals surface area contributed by atoms with Crippen LogP contribution < -0.4 is 0 Å². The highest BCUT2D eigenvalue weighted by Gasteiger charge is 2.48. The van der Waals surface area contributed by atoms with Gasteiger partial charge in [0.15, 0.2) is 0 Å². The van der Waals surface area contributed by atoms with Crippen LogP contribution in [0.5, 0.6) is 0 Å². The third kappa shape index (κ3) is 4.66. The van der Waals surface area contributed by atoms with Crippen LogP contribution in [-0.2, 0) is 20.7 Å². The van der Waals surface area contributed by atoms with Crippen LogP contribution >= 0.6 is 0 Å². The fourth-order valence-corrected chi connectivity index (χ4v) is 4.81. The molecule has 0 aliphatic carbocycles. The summed E-state index contributed by atoms with van der Waals surface area (Å²) in [4.78, 5) is 29.5. The quantitative estimate of drug-likeness (QED) is 0.711. The standard InChI is InChI=1S/C24H31N3O4/c1-3-30-20-9-12-26(13-10-20)23(29)24(11-14-27(17-24)18(2)28)16-21-15-22(25-31-21)19-7-5-4-6-8-19/h4-8,15,20H,3,9-14,16-17H2,1-2H3/t24-/m1/s1. The molecule has 31 heavy (non-hydrogen) atoms. The number of hydrogen-bond acceptors (Lipinski definition) is 5. The molecule has 0 spiro atoms. The Labute approximate surface area is 183 Å². The molecule has 0 saturated carbocycles. The smallest absolute Gasteiger partial charge is 0.231 e. The highest BCUT2D eigenvalue weighted by molar-refractivity contribution is 5.85. The molecule has 2 aliphatic rings. The third-order valence-corrected chi connectivity index (χ3v) is 6.53. The lowest BCUT2D eigenvalue weighted by molar-refractivity contribution is -0.144. The molecule has 166 valence electrons. The molecule has 2 aliphatic heterocycles. The van der Waals surface area contributed by atoms with E-state index in [2.05, 4.69) is 5.16 Å². The van der Waals surface area contributed by atoms with Gasteiger partial charge < -0.3 is 19.1 Å². The summed E-state index contributed by atoms with van der Waals surface area (Å²) in [6.07, 6.45) is 3.02. The number of ether oxygens (including phenoxy) is 1. The van der Waals surface area contributed by atoms with Crippen molar-refractivity contribution in [2.75, 3.05) is 32.8 Å². The van der Waals surface area contributed by atoms with Crippen LogP contribution in [0.15, 0.2) is 40.9 Å². The van der Waals surface area contributed by atoms with Gasteiger partial charge in [0.25, 0.3) is 0 Å². The largest absolute Gasteiger partial charge is 0.378 e. The van der Waals surface area contributed by atoms with E-state index in [1.54, 1.807) is 11.8 Å². The van der Waals surface area contributed by atoms with E-state index >= 15 is 0 Å². The van der Waals surface area contributed by atoms with Crippen LogP contribution in [0.4, 0.5) is 0 Å². The molecular formula is C24H31N3O4. The molecule has 0 N–H and O–H groups in total. The lowest BCUT2D eigenvalue weighted by atomic mass is 9.80. The van der Waals surface area contributed by atoms with Crippen molar-refractivity contribution in [1.82, 2.24) is 15.0 Å². The summed E-state index contributed by atoms with van der Waals surface area (Å²) in [6.45, 7) is 6.67. The Bertz CT molecular complexity index is 905. The second-order valence-electron chi connectivity index (χ2n) is 8.64. The number of rotatable bonds is 6. The van der Waals surface area contributed by atoms with Gasteiger partial charge in [0, 0.05) is 57.8 Å². The highest BCUT2D eigenvalue weighted by atomic mass is 16.5. The number of amides is 2. The van der Waals surface area contributed by atoms with Crippen LogP contribution in [0.25, 0.3) is 11.3 Å². The van der Waals surface area contributed by atoms with Crippen molar-refractivity contribution in [2.24, 2.45) is 5.41 Å². The van der Waals surface area contributed by atoms with Crippen LogP contribution in [-0.4, -0.2) is 65.7 Å². The first-order valence-electron chi connectivity index (χ1n) is 11.2. The molecule has 0 unspecified atom stereocenters. The summed E-state index contributed by atoms with van der Waals surface area (Å²) >= 11 is 0. The molecule has 2 saturated heterocycles. The Morgan fingerprint density at radius 1 is 1.16 bits per heavy atom. The summed E-state index contributed by atoms with van der Waals surface area (Å²) in [6, 6.07) is 11.8. The molecular weight excluding hydrogens is 394 g/mol. The zero-order valence-electron chi connectivity index (χ0n) is 18.4. The predicted octanol–water partition coefficient (Wildman–Crippen LogP) is 3.15. The lowest BCUT2D eigenvalue weighted by Crippen LogP contribution is -2.50. The van der Waals surface area contributed by atoms with Gasteiger partial charge in [-0.3, -0.25) is 9.59 Å². The van der Waals surface area contributed by atoms with Crippen molar-refractivity contribution < 1.29 is 18.8 Å². The van der Waals surface area contributed by atoms with Crippen LogP contribution in [0.1, 0.15) is 38.9 Å². The number of carbonyl (C=O) groups excluding carboxylic acids is 2. The second-order valence-corrected chi connectivity index (χ2v) is 8.64. The summed E-state index contributed by atoms with van der Waals surface area (Å²) in [5.74, 6) is 0.804. The van der Waals surface area contributed by atoms with E-state index < -0.39 is 5.41 Å². The minimum absolute atomic E-state index is 0.00673. The first kappa shape index (κ1) is 21.6. The number of piperidine rings is 1. The second kappa shape index (κ2) is 9.22. The minimum Gasteiger partial charge on any atom is -0.378 e. The summed E-state index contributed by atoms with van der Waals surface area (Å²) in [5.41, 5.74) is 1.07. The lowest BCUT2D eigenvalue weighted by Gasteiger charge is -2.38. The first-order valence-corrected chi connectivity index (χ1v) is 11.2. The molecule has 2 fully saturated rings. The van der Waals surface area contributed by atoms with E-state index in [4.69, 9.17) is 9.26 Å². The van der Waals surface area contributed by atoms with Crippen molar-refractivity contribution in [2.45, 2.75) is 45.6 Å². The van der Waals surface area contributed by atoms with E-state index in [0.717, 1.165) is 24.1 Å². The summed E-state index contributed by atoms with van der Waals surface area (Å²) in [7, 11) is 0. The molecule has 2 aromatic rings. The van der Waals surface area contributed by atoms with Gasteiger partial charge >= 0.3 is 0 Å². The van der Waals surface area contributed by atoms with Gasteiger partial charge in [-0.1, -0.05) is 35.5 Å². The third-order valence-electron chi connectivity index (χ3n) is 6.53. The number of likely N-dealkylation sites (tertiary alicyclic amines) is 2. The van der Waals surface area contributed by atoms with Gasteiger partial charge in [-0.05, 0) is 26.2 Å². The highest BCUT2D eigenvalue weighted by Crippen LogP contribution is 2.38. The fraction of sp³-hybridized carbons (Fsp3) is 0.542. The van der Waals surface area contributed by atoms with E-state index in [0.29, 0.717) is 51.4 Å². The van der Waals surface area contributed by atoms with Crippen LogP contribution in [0.3, 0.4) is 0 Å². The maximum Gasteiger partial charge on any atom is 0.231 e. The summed E-state index contributed by atoms with van der Waals surface area (Å²) < 4.78 is 11.4. The van der Waals surface area contributed by atoms with Crippen molar-refractivity contribution in [3.05, 3.63) is 42.2 Å². The molecule has 2 amide bonds. The van der Waals surface area contributed by atoms with Crippen molar-refractivity contribution in [3.63, 3.8) is 0 Å². The topological polar surface area (TPSA) is 75.9 Å². The number of carbonyl (C=O) groups is 2. The average Bonchev–Trinajstić information content (AvgIpc) is 3.43. The molecule has 1 aromatic heterocycles. The van der Waals surface area contributed by atoms with Crippen LogP contribution in [0.2, 0.25) is 0 Å². The number of aromatic nitrogens is 1. The van der Waals surface area contributed by atoms with E-state index in [9.17, 15) is 9.59 Å². The van der Waals surface area contributed by atoms with Crippen molar-refractivity contribution >= 4 is 11.8 Å². The maximum absolute atomic E-state index is 13.7. The fourth-order valence-electron chi connectivity index (χ4n) is 4.81. The van der Waals surface area contributed by atoms with E-state index in [1.807, 2.05) is 48.2 Å². The van der Waals surface area contributed by atoms with Crippen LogP contribution in [0, 0.1) is 5.41 Å². The predicted molar refractivity (Wildman–Crippen MR) is 116 cm³/mol. The van der Waals surface area contributed by atoms with Gasteiger partial charge in [0.1, 0.15) is 11.5 Å². The Hall–Kier alpha value is -2.67. The number of nitrogens with zero attached hydrogens (tertiary/aromatic N) is 3. The van der Waals surface area contributed by atoms with Gasteiger partial charge in [-0.25, -0.2) is 0 Å². The number of hydrogen-bond donors (Lipinski definition) is 0. The molecule has 1 aromatic carbocycles. The molecule has 0 bridgehead atoms. The average molecular weight is 426 g/mol. The van der Waals surface area contributed by atoms with Gasteiger partial charge in [0.05, 0.1) is 11.5 Å². The first-order chi connectivity index (χ1) is 15.0. The Morgan fingerprint density at radius 2 is 1.90 bits per heavy atom. The molecule has 3 heterocycles. The zero-order valence-corrected chi connectivity index (χ0v) is 18.4. The Morgan fingerprint density at radius 3 is 2.55 bits per heavy atom. The molecule has 4 rings (SSSR count). The molecule has 7 heteroatoms. The Kier molecular flexibility index (Phi) is 6.41. The zero-order chi connectivity index (χ0) is 21.8.